The van der Waals surface area contributed by atoms with Crippen LogP contribution in [0.25, 0.3) is 0 Å². The van der Waals surface area contributed by atoms with Crippen LogP contribution in [0.5, 0.6) is 5.75 Å². The lowest BCUT2D eigenvalue weighted by molar-refractivity contribution is -0.149. The van der Waals surface area contributed by atoms with Gasteiger partial charge in [-0.25, -0.2) is 4.79 Å². The number of carbonyl (C=O) groups is 2. The summed E-state index contributed by atoms with van der Waals surface area (Å²) in [5.41, 5.74) is -1.39. The number of carbonyl (C=O) groups excluding carboxylic acids is 2. The van der Waals surface area contributed by atoms with E-state index in [0.29, 0.717) is 5.75 Å². The number of amides is 1. The predicted molar refractivity (Wildman–Crippen MR) is 83.0 cm³/mol. The summed E-state index contributed by atoms with van der Waals surface area (Å²) in [7, 11) is 0. The van der Waals surface area contributed by atoms with Gasteiger partial charge in [-0.3, -0.25) is 4.79 Å². The van der Waals surface area contributed by atoms with Crippen molar-refractivity contribution < 1.29 is 32.2 Å². The summed E-state index contributed by atoms with van der Waals surface area (Å²) < 4.78 is 48.3. The zero-order valence-electron chi connectivity index (χ0n) is 12.9. The van der Waals surface area contributed by atoms with E-state index >= 15 is 0 Å². The fourth-order valence-corrected chi connectivity index (χ4v) is 1.87. The zero-order valence-corrected chi connectivity index (χ0v) is 12.9. The molecule has 0 unspecified atom stereocenters. The van der Waals surface area contributed by atoms with Crippen molar-refractivity contribution in [2.75, 3.05) is 18.5 Å². The van der Waals surface area contributed by atoms with Crippen molar-refractivity contribution in [2.45, 2.75) is 6.18 Å². The molecule has 0 aliphatic rings. The maximum Gasteiger partial charge on any atom is 0.418 e. The van der Waals surface area contributed by atoms with Gasteiger partial charge in [0, 0.05) is 0 Å². The van der Waals surface area contributed by atoms with E-state index < -0.39 is 42.5 Å². The van der Waals surface area contributed by atoms with Crippen molar-refractivity contribution in [3.63, 3.8) is 0 Å². The molecule has 0 aliphatic carbocycles. The number of para-hydroxylation sites is 2. The molecule has 0 bridgehead atoms. The maximum absolute atomic E-state index is 12.8. The number of rotatable bonds is 6. The van der Waals surface area contributed by atoms with Crippen LogP contribution in [0, 0.1) is 0 Å². The van der Waals surface area contributed by atoms with Gasteiger partial charge in [-0.15, -0.1) is 0 Å². The van der Waals surface area contributed by atoms with Crippen LogP contribution >= 0.6 is 0 Å². The van der Waals surface area contributed by atoms with Crippen LogP contribution in [0.1, 0.15) is 5.56 Å². The van der Waals surface area contributed by atoms with Gasteiger partial charge in [0.25, 0.3) is 5.91 Å². The standard InChI is InChI=1S/C17H14F3NO4/c18-17(19,20)13-8-4-5-9-14(13)21-15(22)10-25-16(23)11-24-12-6-2-1-3-7-12/h1-9H,10-11H2,(H,21,22). The predicted octanol–water partition coefficient (Wildman–Crippen LogP) is 3.27. The molecule has 0 saturated carbocycles. The van der Waals surface area contributed by atoms with Gasteiger partial charge in [0.15, 0.2) is 13.2 Å². The normalized spacial score (nSPS) is 10.8. The fraction of sp³-hybridized carbons (Fsp3) is 0.176. The second-order valence-electron chi connectivity index (χ2n) is 4.85. The fourth-order valence-electron chi connectivity index (χ4n) is 1.87. The largest absolute Gasteiger partial charge is 0.482 e. The average molecular weight is 353 g/mol. The Labute approximate surface area is 141 Å². The Morgan fingerprint density at radius 2 is 1.56 bits per heavy atom. The molecule has 1 amide bonds. The van der Waals surface area contributed by atoms with Crippen molar-refractivity contribution in [2.24, 2.45) is 0 Å². The summed E-state index contributed by atoms with van der Waals surface area (Å²) in [5.74, 6) is -1.25. The Balaban J connectivity index is 1.82. The first-order chi connectivity index (χ1) is 11.9. The molecular weight excluding hydrogens is 339 g/mol. The van der Waals surface area contributed by atoms with Crippen molar-refractivity contribution in [3.8, 4) is 5.75 Å². The number of hydrogen-bond donors (Lipinski definition) is 1. The Morgan fingerprint density at radius 1 is 0.920 bits per heavy atom. The number of hydrogen-bond acceptors (Lipinski definition) is 4. The molecule has 1 N–H and O–H groups in total. The lowest BCUT2D eigenvalue weighted by atomic mass is 10.1. The van der Waals surface area contributed by atoms with Crippen LogP contribution in [0.15, 0.2) is 54.6 Å². The molecule has 5 nitrogen and oxygen atoms in total. The monoisotopic (exact) mass is 353 g/mol. The summed E-state index contributed by atoms with van der Waals surface area (Å²) in [6.07, 6.45) is -4.61. The number of anilines is 1. The van der Waals surface area contributed by atoms with Crippen LogP contribution in [0.4, 0.5) is 18.9 Å². The first-order valence-corrected chi connectivity index (χ1v) is 7.16. The number of benzene rings is 2. The molecule has 2 rings (SSSR count). The highest BCUT2D eigenvalue weighted by Gasteiger charge is 2.33. The Hall–Kier alpha value is -3.03. The van der Waals surface area contributed by atoms with E-state index in [2.05, 4.69) is 10.1 Å². The molecule has 0 atom stereocenters. The van der Waals surface area contributed by atoms with Crippen molar-refractivity contribution in [1.82, 2.24) is 0 Å². The highest BCUT2D eigenvalue weighted by atomic mass is 19.4. The molecule has 0 fully saturated rings. The summed E-state index contributed by atoms with van der Waals surface area (Å²) in [4.78, 5) is 23.2. The van der Waals surface area contributed by atoms with Gasteiger partial charge < -0.3 is 14.8 Å². The van der Waals surface area contributed by atoms with E-state index in [9.17, 15) is 22.8 Å². The molecule has 0 aromatic heterocycles. The summed E-state index contributed by atoms with van der Waals surface area (Å²) in [6.45, 7) is -1.14. The molecule has 0 aliphatic heterocycles. The summed E-state index contributed by atoms with van der Waals surface area (Å²) >= 11 is 0. The first-order valence-electron chi connectivity index (χ1n) is 7.16. The molecule has 0 radical (unpaired) electrons. The lowest BCUT2D eigenvalue weighted by Gasteiger charge is -2.13. The lowest BCUT2D eigenvalue weighted by Crippen LogP contribution is -2.24. The molecule has 2 aromatic rings. The van der Waals surface area contributed by atoms with Crippen molar-refractivity contribution in [1.29, 1.82) is 0 Å². The van der Waals surface area contributed by atoms with Crippen molar-refractivity contribution in [3.05, 3.63) is 60.2 Å². The minimum atomic E-state index is -4.61. The second-order valence-corrected chi connectivity index (χ2v) is 4.85. The van der Waals surface area contributed by atoms with Gasteiger partial charge in [0.2, 0.25) is 0 Å². The number of halogens is 3. The van der Waals surface area contributed by atoms with E-state index in [4.69, 9.17) is 4.74 Å². The van der Waals surface area contributed by atoms with Gasteiger partial charge in [0.1, 0.15) is 5.75 Å². The molecule has 0 spiro atoms. The quantitative estimate of drug-likeness (QED) is 0.810. The highest BCUT2D eigenvalue weighted by Crippen LogP contribution is 2.34. The minimum absolute atomic E-state index is 0.406. The van der Waals surface area contributed by atoms with Crippen molar-refractivity contribution >= 4 is 17.6 Å². The topological polar surface area (TPSA) is 64.6 Å². The van der Waals surface area contributed by atoms with Crippen LogP contribution in [0.3, 0.4) is 0 Å². The molecular formula is C17H14F3NO4. The van der Waals surface area contributed by atoms with E-state index in [1.54, 1.807) is 30.3 Å². The van der Waals surface area contributed by atoms with Crippen LogP contribution < -0.4 is 10.1 Å². The first kappa shape index (κ1) is 18.3. The van der Waals surface area contributed by atoms with Crippen LogP contribution in [-0.4, -0.2) is 25.1 Å². The number of esters is 1. The SMILES string of the molecule is O=C(COC(=O)COc1ccccc1)Nc1ccccc1C(F)(F)F. The molecule has 25 heavy (non-hydrogen) atoms. The van der Waals surface area contributed by atoms with Gasteiger partial charge >= 0.3 is 12.1 Å². The van der Waals surface area contributed by atoms with E-state index in [0.717, 1.165) is 12.1 Å². The minimum Gasteiger partial charge on any atom is -0.482 e. The van der Waals surface area contributed by atoms with E-state index in [1.165, 1.54) is 12.1 Å². The Kier molecular flexibility index (Phi) is 5.99. The third-order valence-electron chi connectivity index (χ3n) is 2.97. The van der Waals surface area contributed by atoms with E-state index in [1.807, 2.05) is 0 Å². The summed E-state index contributed by atoms with van der Waals surface area (Å²) in [6, 6.07) is 13.0. The van der Waals surface area contributed by atoms with Gasteiger partial charge in [0.05, 0.1) is 11.3 Å². The Bertz CT molecular complexity index is 732. The maximum atomic E-state index is 12.8. The van der Waals surface area contributed by atoms with E-state index in [-0.39, 0.29) is 0 Å². The Morgan fingerprint density at radius 3 is 2.24 bits per heavy atom. The molecule has 0 heterocycles. The van der Waals surface area contributed by atoms with Gasteiger partial charge in [-0.05, 0) is 24.3 Å². The third kappa shape index (κ3) is 5.83. The summed E-state index contributed by atoms with van der Waals surface area (Å²) in [5, 5.41) is 2.07. The van der Waals surface area contributed by atoms with Crippen LogP contribution in [-0.2, 0) is 20.5 Å². The average Bonchev–Trinajstić information content (AvgIpc) is 2.58. The number of alkyl halides is 3. The molecule has 8 heteroatoms. The number of nitrogens with one attached hydrogen (secondary N) is 1. The highest BCUT2D eigenvalue weighted by molar-refractivity contribution is 5.93. The smallest absolute Gasteiger partial charge is 0.418 e. The molecule has 132 valence electrons. The second kappa shape index (κ2) is 8.18. The van der Waals surface area contributed by atoms with Crippen LogP contribution in [0.2, 0.25) is 0 Å². The number of ether oxygens (including phenoxy) is 2. The van der Waals surface area contributed by atoms with Gasteiger partial charge in [-0.1, -0.05) is 30.3 Å². The zero-order chi connectivity index (χ0) is 18.3. The van der Waals surface area contributed by atoms with Gasteiger partial charge in [-0.2, -0.15) is 13.2 Å². The molecule has 0 saturated heterocycles. The third-order valence-corrected chi connectivity index (χ3v) is 2.97. The molecule has 2 aromatic carbocycles.